The van der Waals surface area contributed by atoms with E-state index in [-0.39, 0.29) is 6.71 Å². The lowest BCUT2D eigenvalue weighted by Crippen LogP contribution is -2.59. The maximum atomic E-state index is 8.38. The van der Waals surface area contributed by atoms with Crippen LogP contribution in [0.4, 0.5) is 0 Å². The van der Waals surface area contributed by atoms with Crippen molar-refractivity contribution in [3.05, 3.63) is 103 Å². The molecule has 9 rings (SSSR count). The van der Waals surface area contributed by atoms with Crippen LogP contribution in [0.2, 0.25) is 0 Å². The molecule has 0 saturated carbocycles. The first kappa shape index (κ1) is 14.8. The molecule has 4 heterocycles. The zero-order chi connectivity index (χ0) is 24.6. The van der Waals surface area contributed by atoms with Crippen molar-refractivity contribution in [1.29, 1.82) is 0 Å². The third kappa shape index (κ3) is 1.78. The van der Waals surface area contributed by atoms with Gasteiger partial charge in [0.25, 0.3) is 6.71 Å². The number of rotatable bonds is 0. The van der Waals surface area contributed by atoms with E-state index < -0.39 is 6.85 Å². The summed E-state index contributed by atoms with van der Waals surface area (Å²) in [6, 6.07) is 34.0. The molecule has 7 aromatic rings. The maximum absolute atomic E-state index is 8.38. The Morgan fingerprint density at radius 3 is 1.62 bits per heavy atom. The molecule has 5 aromatic carbocycles. The van der Waals surface area contributed by atoms with Crippen LogP contribution in [0, 0.1) is 6.85 Å². The normalized spacial score (nSPS) is 15.1. The zero-order valence-electron chi connectivity index (χ0n) is 21.2. The van der Waals surface area contributed by atoms with Crippen LogP contribution in [0.1, 0.15) is 9.68 Å². The summed E-state index contributed by atoms with van der Waals surface area (Å²) in [5, 5.41) is 4.79. The van der Waals surface area contributed by atoms with Gasteiger partial charge in [-0.3, -0.25) is 0 Å². The van der Waals surface area contributed by atoms with Crippen molar-refractivity contribution >= 4 is 66.7 Å². The van der Waals surface area contributed by atoms with Crippen LogP contribution < -0.4 is 16.4 Å². The van der Waals surface area contributed by atoms with Gasteiger partial charge in [-0.05, 0) is 53.1 Å². The van der Waals surface area contributed by atoms with E-state index >= 15 is 0 Å². The summed E-state index contributed by atoms with van der Waals surface area (Å²) < 4.78 is 29.7. The summed E-state index contributed by atoms with van der Waals surface area (Å²) >= 11 is 0. The predicted molar refractivity (Wildman–Crippen MR) is 145 cm³/mol. The number of para-hydroxylation sites is 4. The monoisotopic (exact) mass is 433 g/mol. The number of hydrogen-bond acceptors (Lipinski definition) is 0. The van der Waals surface area contributed by atoms with Gasteiger partial charge in [0.2, 0.25) is 0 Å². The number of aryl methyl sites for hydroxylation is 1. The van der Waals surface area contributed by atoms with Crippen molar-refractivity contribution in [3.8, 4) is 11.4 Å². The third-order valence-corrected chi connectivity index (χ3v) is 7.98. The molecule has 0 spiro atoms. The highest BCUT2D eigenvalue weighted by Gasteiger charge is 2.40. The fraction of sp³-hybridized carbons (Fsp3) is 0.0323. The van der Waals surface area contributed by atoms with Gasteiger partial charge in [-0.2, -0.15) is 0 Å². The Kier molecular flexibility index (Phi) is 2.45. The van der Waals surface area contributed by atoms with Crippen LogP contribution in [-0.2, 0) is 0 Å². The fourth-order valence-corrected chi connectivity index (χ4v) is 6.82. The van der Waals surface area contributed by atoms with Crippen LogP contribution in [0.5, 0.6) is 0 Å². The summed E-state index contributed by atoms with van der Waals surface area (Å²) in [6.45, 7) is -2.20. The average molecular weight is 433 g/mol. The molecule has 0 bridgehead atoms. The Bertz CT molecular complexity index is 2010. The van der Waals surface area contributed by atoms with Gasteiger partial charge in [0, 0.05) is 48.1 Å². The number of fused-ring (bicyclic) bond motifs is 10. The standard InChI is InChI=1S/C31H19BN2/c1-18-16-27-29-28(17-18)34-26-15-5-3-9-20(26)22-11-7-13-24(31(22)34)32(29)23-12-6-10-21-19-8-2-4-14-25(19)33(27)30(21)23/h2-17H,1H3/i1D3. The molecule has 0 N–H and O–H groups in total. The lowest BCUT2D eigenvalue weighted by atomic mass is 9.34. The highest BCUT2D eigenvalue weighted by atomic mass is 15.0. The van der Waals surface area contributed by atoms with Crippen LogP contribution in [0.15, 0.2) is 97.1 Å². The van der Waals surface area contributed by atoms with Gasteiger partial charge >= 0.3 is 0 Å². The van der Waals surface area contributed by atoms with E-state index in [0.29, 0.717) is 5.56 Å². The Labute approximate surface area is 201 Å². The predicted octanol–water partition coefficient (Wildman–Crippen LogP) is 5.33. The van der Waals surface area contributed by atoms with E-state index in [1.165, 1.54) is 49.0 Å². The van der Waals surface area contributed by atoms with Gasteiger partial charge in [-0.15, -0.1) is 0 Å². The molecule has 3 heteroatoms. The minimum absolute atomic E-state index is 0.0247. The molecule has 156 valence electrons. The summed E-state index contributed by atoms with van der Waals surface area (Å²) in [6.07, 6.45) is 0. The van der Waals surface area contributed by atoms with Gasteiger partial charge < -0.3 is 9.13 Å². The highest BCUT2D eigenvalue weighted by molar-refractivity contribution is 7.00. The minimum atomic E-state index is -2.22. The van der Waals surface area contributed by atoms with Gasteiger partial charge in [-0.1, -0.05) is 72.8 Å². The SMILES string of the molecule is [2H]C([2H])([2H])c1cc2c3c(c1)-n1c4ccccc4c4cccc(c41)B3c1cccc3c4ccccc4n-2c13. The molecule has 0 fully saturated rings. The molecule has 0 aliphatic carbocycles. The van der Waals surface area contributed by atoms with Crippen molar-refractivity contribution in [2.24, 2.45) is 0 Å². The van der Waals surface area contributed by atoms with Crippen molar-refractivity contribution in [2.75, 3.05) is 0 Å². The molecule has 2 aromatic heterocycles. The Balaban J connectivity index is 1.59. The fourth-order valence-electron chi connectivity index (χ4n) is 6.82. The molecule has 0 unspecified atom stereocenters. The summed E-state index contributed by atoms with van der Waals surface area (Å²) in [5.74, 6) is 0. The molecular weight excluding hydrogens is 411 g/mol. The van der Waals surface area contributed by atoms with Crippen LogP contribution in [-0.4, -0.2) is 15.8 Å². The topological polar surface area (TPSA) is 9.86 Å². The van der Waals surface area contributed by atoms with E-state index in [4.69, 9.17) is 4.11 Å². The summed E-state index contributed by atoms with van der Waals surface area (Å²) in [7, 11) is 0. The molecule has 2 aliphatic rings. The quantitative estimate of drug-likeness (QED) is 0.286. The highest BCUT2D eigenvalue weighted by Crippen LogP contribution is 2.38. The summed E-state index contributed by atoms with van der Waals surface area (Å²) in [4.78, 5) is 0. The second-order valence-electron chi connectivity index (χ2n) is 9.55. The van der Waals surface area contributed by atoms with Crippen molar-refractivity contribution in [1.82, 2.24) is 9.13 Å². The molecule has 0 radical (unpaired) electrons. The smallest absolute Gasteiger partial charge is 0.252 e. The molecule has 2 nitrogen and oxygen atoms in total. The Morgan fingerprint density at radius 2 is 1.09 bits per heavy atom. The number of hydrogen-bond donors (Lipinski definition) is 0. The number of aromatic nitrogens is 2. The lowest BCUT2D eigenvalue weighted by Gasteiger charge is -2.34. The van der Waals surface area contributed by atoms with Crippen molar-refractivity contribution in [3.63, 3.8) is 0 Å². The Hall–Kier alpha value is -4.24. The first-order valence-corrected chi connectivity index (χ1v) is 11.8. The summed E-state index contributed by atoms with van der Waals surface area (Å²) in [5.41, 5.74) is 10.6. The second-order valence-corrected chi connectivity index (χ2v) is 9.55. The first-order valence-electron chi connectivity index (χ1n) is 13.3. The van der Waals surface area contributed by atoms with E-state index in [2.05, 4.69) is 94.1 Å². The first-order chi connectivity index (χ1) is 18.0. The average Bonchev–Trinajstić information content (AvgIpc) is 3.43. The van der Waals surface area contributed by atoms with E-state index in [9.17, 15) is 0 Å². The minimum Gasteiger partial charge on any atom is -0.310 e. The van der Waals surface area contributed by atoms with Gasteiger partial charge in [0.15, 0.2) is 0 Å². The molecule has 0 atom stereocenters. The van der Waals surface area contributed by atoms with Crippen LogP contribution in [0.3, 0.4) is 0 Å². The van der Waals surface area contributed by atoms with Crippen LogP contribution in [0.25, 0.3) is 55.0 Å². The van der Waals surface area contributed by atoms with E-state index in [0.717, 1.165) is 22.4 Å². The zero-order valence-corrected chi connectivity index (χ0v) is 18.2. The third-order valence-electron chi connectivity index (χ3n) is 7.98. The molecule has 34 heavy (non-hydrogen) atoms. The lowest BCUT2D eigenvalue weighted by molar-refractivity contribution is 1.13. The molecule has 2 aliphatic heterocycles. The van der Waals surface area contributed by atoms with E-state index in [1.807, 2.05) is 12.1 Å². The molecule has 0 saturated heterocycles. The number of benzene rings is 5. The van der Waals surface area contributed by atoms with Gasteiger partial charge in [0.1, 0.15) is 0 Å². The van der Waals surface area contributed by atoms with Crippen molar-refractivity contribution in [2.45, 2.75) is 6.85 Å². The maximum Gasteiger partial charge on any atom is 0.252 e. The second kappa shape index (κ2) is 5.63. The van der Waals surface area contributed by atoms with Gasteiger partial charge in [0.05, 0.1) is 11.0 Å². The van der Waals surface area contributed by atoms with E-state index in [1.54, 1.807) is 0 Å². The van der Waals surface area contributed by atoms with Crippen LogP contribution >= 0.6 is 0 Å². The molecular formula is C31H19BN2. The molecule has 0 amide bonds. The Morgan fingerprint density at radius 1 is 0.588 bits per heavy atom. The van der Waals surface area contributed by atoms with Gasteiger partial charge in [-0.25, -0.2) is 0 Å². The number of nitrogens with zero attached hydrogens (tertiary/aromatic N) is 2. The largest absolute Gasteiger partial charge is 0.310 e. The van der Waals surface area contributed by atoms with Crippen molar-refractivity contribution < 1.29 is 4.11 Å².